The number of aromatic nitrogens is 2. The number of aliphatic hydroxyl groups is 2. The van der Waals surface area contributed by atoms with Crippen LogP contribution in [-0.4, -0.2) is 30.2 Å². The summed E-state index contributed by atoms with van der Waals surface area (Å²) in [4.78, 5) is 5.39. The minimum atomic E-state index is -1.20. The van der Waals surface area contributed by atoms with Crippen LogP contribution in [0.2, 0.25) is 5.02 Å². The zero-order valence-electron chi connectivity index (χ0n) is 19.5. The Kier molecular flexibility index (Phi) is 6.78. The van der Waals surface area contributed by atoms with Gasteiger partial charge in [0.25, 0.3) is 0 Å². The molecule has 1 heterocycles. The maximum absolute atomic E-state index is 12.1. The molecule has 2 N–H and O–H groups in total. The second-order valence-electron chi connectivity index (χ2n) is 8.77. The summed E-state index contributed by atoms with van der Waals surface area (Å²) >= 11 is 6.38. The van der Waals surface area contributed by atoms with Crippen molar-refractivity contribution in [2.24, 2.45) is 0 Å². The van der Waals surface area contributed by atoms with E-state index in [2.05, 4.69) is 0 Å². The molecule has 0 spiro atoms. The predicted molar refractivity (Wildman–Crippen MR) is 138 cm³/mol. The molecule has 0 aliphatic heterocycles. The van der Waals surface area contributed by atoms with Gasteiger partial charge in [0.15, 0.2) is 0 Å². The highest BCUT2D eigenvalue weighted by atomic mass is 35.5. The summed E-state index contributed by atoms with van der Waals surface area (Å²) in [6, 6.07) is 19.2. The van der Waals surface area contributed by atoms with Crippen LogP contribution in [0.1, 0.15) is 30.7 Å². The Bertz CT molecular complexity index is 1370. The summed E-state index contributed by atoms with van der Waals surface area (Å²) in [5.74, 6) is 0.695. The Labute approximate surface area is 207 Å². The van der Waals surface area contributed by atoms with Crippen molar-refractivity contribution in [1.29, 1.82) is 0 Å². The summed E-state index contributed by atoms with van der Waals surface area (Å²) in [5, 5.41) is 20.8. The molecule has 0 bridgehead atoms. The molecule has 4 aromatic rings. The van der Waals surface area contributed by atoms with Crippen molar-refractivity contribution in [3.05, 3.63) is 88.7 Å². The lowest BCUT2D eigenvalue weighted by atomic mass is 10.0. The van der Waals surface area contributed by atoms with Gasteiger partial charge < -0.3 is 10.2 Å². The molecule has 0 aliphatic rings. The third-order valence-electron chi connectivity index (χ3n) is 5.87. The van der Waals surface area contributed by atoms with Gasteiger partial charge in [-0.15, -0.1) is 0 Å². The first-order chi connectivity index (χ1) is 16.1. The molecule has 0 saturated heterocycles. The van der Waals surface area contributed by atoms with E-state index < -0.39 is 16.4 Å². The molecule has 176 valence electrons. The number of rotatable bonds is 6. The minimum absolute atomic E-state index is 0.149. The average molecular weight is 495 g/mol. The third-order valence-corrected chi connectivity index (χ3v) is 7.28. The molecule has 5 nitrogen and oxygen atoms in total. The minimum Gasteiger partial charge on any atom is -0.392 e. The van der Waals surface area contributed by atoms with Gasteiger partial charge in [0, 0.05) is 33.6 Å². The number of benzene rings is 3. The van der Waals surface area contributed by atoms with Gasteiger partial charge in [-0.2, -0.15) is 0 Å². The summed E-state index contributed by atoms with van der Waals surface area (Å²) in [6.07, 6.45) is 3.46. The molecule has 0 fully saturated rings. The smallest absolute Gasteiger partial charge is 0.145 e. The maximum atomic E-state index is 12.1. The van der Waals surface area contributed by atoms with Crippen LogP contribution in [0, 0.1) is 6.92 Å². The Hall–Kier alpha value is -2.77. The topological polar surface area (TPSA) is 75.3 Å². The number of imidazole rings is 1. The Balaban J connectivity index is 1.80. The van der Waals surface area contributed by atoms with E-state index in [4.69, 9.17) is 16.6 Å². The molecule has 1 aromatic heterocycles. The molecule has 1 atom stereocenters. The van der Waals surface area contributed by atoms with E-state index in [0.717, 1.165) is 27.9 Å². The SMILES string of the molecule is Cc1c(Cl)cccc1-c1nc(C(C)(C)O)cn1-c1ccc(-c2ccc(CO)c(S(C)=O)c2)cc1. The number of aliphatic hydroxyl groups excluding tert-OH is 1. The van der Waals surface area contributed by atoms with Gasteiger partial charge in [-0.25, -0.2) is 4.98 Å². The number of halogens is 1. The van der Waals surface area contributed by atoms with Crippen LogP contribution >= 0.6 is 11.6 Å². The lowest BCUT2D eigenvalue weighted by molar-refractivity contribution is 0.0743. The fraction of sp³-hybridized carbons (Fsp3) is 0.222. The first-order valence-corrected chi connectivity index (χ1v) is 12.8. The Morgan fingerprint density at radius 2 is 1.74 bits per heavy atom. The van der Waals surface area contributed by atoms with Crippen molar-refractivity contribution in [3.8, 4) is 28.2 Å². The van der Waals surface area contributed by atoms with E-state index in [1.165, 1.54) is 0 Å². The lowest BCUT2D eigenvalue weighted by Crippen LogP contribution is -2.15. The van der Waals surface area contributed by atoms with Gasteiger partial charge in [-0.3, -0.25) is 8.78 Å². The summed E-state index contributed by atoms with van der Waals surface area (Å²) in [5.41, 5.74) is 4.69. The average Bonchev–Trinajstić information content (AvgIpc) is 3.26. The molecule has 4 rings (SSSR count). The molecular formula is C27H27ClN2O3S. The molecule has 1 unspecified atom stereocenters. The molecule has 0 amide bonds. The highest BCUT2D eigenvalue weighted by molar-refractivity contribution is 7.84. The molecule has 0 radical (unpaired) electrons. The fourth-order valence-electron chi connectivity index (χ4n) is 3.86. The molecule has 7 heteroatoms. The lowest BCUT2D eigenvalue weighted by Gasteiger charge is -2.13. The maximum Gasteiger partial charge on any atom is 0.145 e. The van der Waals surface area contributed by atoms with Gasteiger partial charge in [-0.1, -0.05) is 48.0 Å². The van der Waals surface area contributed by atoms with E-state index in [1.807, 2.05) is 78.4 Å². The normalized spacial score (nSPS) is 12.7. The van der Waals surface area contributed by atoms with Gasteiger partial charge in [0.1, 0.15) is 11.4 Å². The molecule has 0 aliphatic carbocycles. The van der Waals surface area contributed by atoms with E-state index >= 15 is 0 Å². The highest BCUT2D eigenvalue weighted by Gasteiger charge is 2.24. The van der Waals surface area contributed by atoms with E-state index in [0.29, 0.717) is 27.0 Å². The highest BCUT2D eigenvalue weighted by Crippen LogP contribution is 2.33. The van der Waals surface area contributed by atoms with E-state index in [-0.39, 0.29) is 6.61 Å². The number of nitrogens with zero attached hydrogens (tertiary/aromatic N) is 2. The van der Waals surface area contributed by atoms with Crippen LogP contribution in [0.25, 0.3) is 28.2 Å². The van der Waals surface area contributed by atoms with Gasteiger partial charge in [-0.05, 0) is 67.3 Å². The first-order valence-electron chi connectivity index (χ1n) is 10.9. The zero-order chi connectivity index (χ0) is 24.6. The van der Waals surface area contributed by atoms with Crippen LogP contribution in [0.15, 0.2) is 71.8 Å². The molecule has 3 aromatic carbocycles. The largest absolute Gasteiger partial charge is 0.392 e. The number of hydrogen-bond donors (Lipinski definition) is 2. The zero-order valence-corrected chi connectivity index (χ0v) is 21.1. The molecular weight excluding hydrogens is 468 g/mol. The van der Waals surface area contributed by atoms with Crippen molar-refractivity contribution in [2.45, 2.75) is 37.9 Å². The van der Waals surface area contributed by atoms with Crippen LogP contribution in [0.4, 0.5) is 0 Å². The summed E-state index contributed by atoms with van der Waals surface area (Å²) in [6.45, 7) is 5.23. The first kappa shape index (κ1) is 24.4. The summed E-state index contributed by atoms with van der Waals surface area (Å²) in [7, 11) is -1.20. The summed E-state index contributed by atoms with van der Waals surface area (Å²) < 4.78 is 14.1. The van der Waals surface area contributed by atoms with E-state index in [1.54, 1.807) is 20.1 Å². The van der Waals surface area contributed by atoms with Crippen molar-refractivity contribution >= 4 is 22.4 Å². The van der Waals surface area contributed by atoms with Gasteiger partial charge >= 0.3 is 0 Å². The standard InChI is InChI=1S/C27H27ClN2O3S/c1-17-22(6-5-7-23(17)28)26-29-25(27(2,3)32)15-30(26)21-12-10-18(11-13-21)19-8-9-20(16-31)24(14-19)34(4)33/h5-15,31-32H,16H2,1-4H3. The van der Waals surface area contributed by atoms with E-state index in [9.17, 15) is 14.4 Å². The number of hydrogen-bond acceptors (Lipinski definition) is 4. The van der Waals surface area contributed by atoms with Crippen LogP contribution in [-0.2, 0) is 23.0 Å². The van der Waals surface area contributed by atoms with Crippen LogP contribution < -0.4 is 0 Å². The Morgan fingerprint density at radius 3 is 2.35 bits per heavy atom. The van der Waals surface area contributed by atoms with Crippen LogP contribution in [0.5, 0.6) is 0 Å². The predicted octanol–water partition coefficient (Wildman–Crippen LogP) is 5.63. The van der Waals surface area contributed by atoms with Crippen molar-refractivity contribution in [3.63, 3.8) is 0 Å². The second-order valence-corrected chi connectivity index (χ2v) is 10.5. The van der Waals surface area contributed by atoms with Gasteiger partial charge in [0.05, 0.1) is 23.1 Å². The molecule has 0 saturated carbocycles. The van der Waals surface area contributed by atoms with Crippen molar-refractivity contribution < 1.29 is 14.4 Å². The third kappa shape index (κ3) is 4.72. The fourth-order valence-corrected chi connectivity index (χ4v) is 4.83. The van der Waals surface area contributed by atoms with Crippen LogP contribution in [0.3, 0.4) is 0 Å². The second kappa shape index (κ2) is 9.47. The van der Waals surface area contributed by atoms with Gasteiger partial charge in [0.2, 0.25) is 0 Å². The van der Waals surface area contributed by atoms with Crippen molar-refractivity contribution in [1.82, 2.24) is 9.55 Å². The quantitative estimate of drug-likeness (QED) is 0.364. The Morgan fingerprint density at radius 1 is 1.06 bits per heavy atom. The molecule has 34 heavy (non-hydrogen) atoms. The van der Waals surface area contributed by atoms with Crippen molar-refractivity contribution in [2.75, 3.05) is 6.26 Å². The monoisotopic (exact) mass is 494 g/mol.